The van der Waals surface area contributed by atoms with Crippen LogP contribution in [0.15, 0.2) is 0 Å². The normalized spacial score (nSPS) is 34.4. The fourth-order valence-corrected chi connectivity index (χ4v) is 2.86. The molecule has 0 aliphatic carbocycles. The Bertz CT molecular complexity index is 275. The molecule has 2 fully saturated rings. The van der Waals surface area contributed by atoms with Crippen LogP contribution in [0.2, 0.25) is 0 Å². The van der Waals surface area contributed by atoms with Crippen LogP contribution in [0, 0.1) is 0 Å². The molecule has 2 rings (SSSR count). The first-order valence-corrected chi connectivity index (χ1v) is 6.80. The molecule has 2 heterocycles. The maximum absolute atomic E-state index is 12.3. The van der Waals surface area contributed by atoms with Gasteiger partial charge in [0.05, 0.1) is 18.2 Å². The minimum atomic E-state index is -0.0715. The van der Waals surface area contributed by atoms with E-state index >= 15 is 0 Å². The number of nitrogens with one attached hydrogen (secondary N) is 1. The molecule has 2 aliphatic rings. The van der Waals surface area contributed by atoms with Gasteiger partial charge in [-0.3, -0.25) is 4.79 Å². The van der Waals surface area contributed by atoms with Crippen LogP contribution < -0.4 is 5.32 Å². The molecule has 0 aromatic heterocycles. The van der Waals surface area contributed by atoms with Gasteiger partial charge in [-0.25, -0.2) is 0 Å². The molecule has 2 atom stereocenters. The predicted molar refractivity (Wildman–Crippen MR) is 66.9 cm³/mol. The summed E-state index contributed by atoms with van der Waals surface area (Å²) in [7, 11) is 0. The van der Waals surface area contributed by atoms with E-state index in [4.69, 9.17) is 4.74 Å². The standard InChI is InChI=1S/C13H24N2O2/c1-3-7-14-11-5-8-15(12(11)16)13(2)6-4-9-17-10-13/h11,14H,3-10H2,1-2H3. The number of carbonyl (C=O) groups excluding carboxylic acids is 1. The molecule has 17 heavy (non-hydrogen) atoms. The number of nitrogens with zero attached hydrogens (tertiary/aromatic N) is 1. The van der Waals surface area contributed by atoms with Crippen LogP contribution in [0.1, 0.15) is 39.5 Å². The van der Waals surface area contributed by atoms with Crippen molar-refractivity contribution in [3.8, 4) is 0 Å². The van der Waals surface area contributed by atoms with Crippen molar-refractivity contribution in [1.29, 1.82) is 0 Å². The maximum atomic E-state index is 12.3. The van der Waals surface area contributed by atoms with Crippen molar-refractivity contribution >= 4 is 5.91 Å². The first kappa shape index (κ1) is 12.8. The number of carbonyl (C=O) groups is 1. The molecule has 2 aliphatic heterocycles. The van der Waals surface area contributed by atoms with Gasteiger partial charge in [0.2, 0.25) is 5.91 Å². The Morgan fingerprint density at radius 2 is 2.41 bits per heavy atom. The van der Waals surface area contributed by atoms with E-state index < -0.39 is 0 Å². The van der Waals surface area contributed by atoms with Crippen molar-refractivity contribution in [2.75, 3.05) is 26.3 Å². The van der Waals surface area contributed by atoms with Gasteiger partial charge in [-0.15, -0.1) is 0 Å². The first-order valence-electron chi connectivity index (χ1n) is 6.80. The third kappa shape index (κ3) is 2.63. The Morgan fingerprint density at radius 3 is 3.06 bits per heavy atom. The maximum Gasteiger partial charge on any atom is 0.240 e. The topological polar surface area (TPSA) is 41.6 Å². The summed E-state index contributed by atoms with van der Waals surface area (Å²) >= 11 is 0. The monoisotopic (exact) mass is 240 g/mol. The summed E-state index contributed by atoms with van der Waals surface area (Å²) in [4.78, 5) is 14.4. The molecule has 0 aromatic rings. The van der Waals surface area contributed by atoms with Gasteiger partial charge in [-0.2, -0.15) is 0 Å². The van der Waals surface area contributed by atoms with E-state index in [2.05, 4.69) is 19.2 Å². The third-order valence-corrected chi connectivity index (χ3v) is 3.91. The first-order chi connectivity index (χ1) is 8.17. The zero-order valence-electron chi connectivity index (χ0n) is 11.0. The van der Waals surface area contributed by atoms with Gasteiger partial charge in [0, 0.05) is 13.2 Å². The fraction of sp³-hybridized carbons (Fsp3) is 0.923. The summed E-state index contributed by atoms with van der Waals surface area (Å²) in [6, 6.07) is 0.0358. The highest BCUT2D eigenvalue weighted by Gasteiger charge is 2.43. The van der Waals surface area contributed by atoms with Gasteiger partial charge in [-0.05, 0) is 39.2 Å². The average Bonchev–Trinajstić information content (AvgIpc) is 2.70. The molecule has 1 N–H and O–H groups in total. The summed E-state index contributed by atoms with van der Waals surface area (Å²) < 4.78 is 5.55. The number of rotatable bonds is 4. The number of likely N-dealkylation sites (tertiary alicyclic amines) is 1. The number of ether oxygens (including phenoxy) is 1. The van der Waals surface area contributed by atoms with Gasteiger partial charge in [0.25, 0.3) is 0 Å². The minimum Gasteiger partial charge on any atom is -0.379 e. The Kier molecular flexibility index (Phi) is 4.05. The third-order valence-electron chi connectivity index (χ3n) is 3.91. The Hall–Kier alpha value is -0.610. The van der Waals surface area contributed by atoms with Crippen molar-refractivity contribution in [3.63, 3.8) is 0 Å². The molecule has 0 aromatic carbocycles. The zero-order chi connectivity index (χ0) is 12.3. The molecular weight excluding hydrogens is 216 g/mol. The van der Waals surface area contributed by atoms with Gasteiger partial charge in [0.1, 0.15) is 0 Å². The number of amides is 1. The highest BCUT2D eigenvalue weighted by Crippen LogP contribution is 2.30. The highest BCUT2D eigenvalue weighted by molar-refractivity contribution is 5.84. The highest BCUT2D eigenvalue weighted by atomic mass is 16.5. The lowest BCUT2D eigenvalue weighted by atomic mass is 9.93. The van der Waals surface area contributed by atoms with E-state index in [-0.39, 0.29) is 17.5 Å². The number of hydrogen-bond donors (Lipinski definition) is 1. The van der Waals surface area contributed by atoms with Crippen LogP contribution in [0.3, 0.4) is 0 Å². The second-order valence-corrected chi connectivity index (χ2v) is 5.44. The lowest BCUT2D eigenvalue weighted by Gasteiger charge is -2.41. The molecule has 0 saturated carbocycles. The molecule has 0 bridgehead atoms. The lowest BCUT2D eigenvalue weighted by molar-refractivity contribution is -0.139. The molecule has 2 unspecified atom stereocenters. The van der Waals surface area contributed by atoms with Crippen LogP contribution in [0.4, 0.5) is 0 Å². The molecule has 4 heteroatoms. The Labute approximate surface area is 104 Å². The summed E-state index contributed by atoms with van der Waals surface area (Å²) in [6.07, 6.45) is 4.14. The summed E-state index contributed by atoms with van der Waals surface area (Å²) in [5.41, 5.74) is -0.0715. The van der Waals surface area contributed by atoms with Gasteiger partial charge in [-0.1, -0.05) is 6.92 Å². The number of hydrogen-bond acceptors (Lipinski definition) is 3. The van der Waals surface area contributed by atoms with Crippen LogP contribution in [0.5, 0.6) is 0 Å². The zero-order valence-corrected chi connectivity index (χ0v) is 11.0. The van der Waals surface area contributed by atoms with E-state index in [9.17, 15) is 4.79 Å². The van der Waals surface area contributed by atoms with Crippen molar-refractivity contribution in [1.82, 2.24) is 10.2 Å². The molecule has 98 valence electrons. The molecule has 0 radical (unpaired) electrons. The summed E-state index contributed by atoms with van der Waals surface area (Å²) in [5.74, 6) is 0.270. The van der Waals surface area contributed by atoms with Crippen LogP contribution >= 0.6 is 0 Å². The van der Waals surface area contributed by atoms with Crippen LogP contribution in [-0.4, -0.2) is 48.7 Å². The molecule has 2 saturated heterocycles. The van der Waals surface area contributed by atoms with E-state index in [1.807, 2.05) is 4.90 Å². The molecule has 4 nitrogen and oxygen atoms in total. The lowest BCUT2D eigenvalue weighted by Crippen LogP contribution is -2.54. The van der Waals surface area contributed by atoms with Crippen molar-refractivity contribution in [2.24, 2.45) is 0 Å². The second kappa shape index (κ2) is 5.36. The van der Waals surface area contributed by atoms with Crippen molar-refractivity contribution < 1.29 is 9.53 Å². The SMILES string of the molecule is CCCNC1CCN(C2(C)CCCOC2)C1=O. The largest absolute Gasteiger partial charge is 0.379 e. The van der Waals surface area contributed by atoms with E-state index in [0.29, 0.717) is 6.61 Å². The van der Waals surface area contributed by atoms with E-state index in [1.54, 1.807) is 0 Å². The minimum absolute atomic E-state index is 0.0358. The molecular formula is C13H24N2O2. The second-order valence-electron chi connectivity index (χ2n) is 5.44. The van der Waals surface area contributed by atoms with Crippen LogP contribution in [0.25, 0.3) is 0 Å². The smallest absolute Gasteiger partial charge is 0.240 e. The Morgan fingerprint density at radius 1 is 1.59 bits per heavy atom. The van der Waals surface area contributed by atoms with Gasteiger partial charge < -0.3 is 15.0 Å². The summed E-state index contributed by atoms with van der Waals surface area (Å²) in [5, 5.41) is 3.34. The van der Waals surface area contributed by atoms with Crippen molar-refractivity contribution in [2.45, 2.75) is 51.1 Å². The van der Waals surface area contributed by atoms with E-state index in [1.165, 1.54) is 0 Å². The quantitative estimate of drug-likeness (QED) is 0.801. The van der Waals surface area contributed by atoms with Gasteiger partial charge >= 0.3 is 0 Å². The fourth-order valence-electron chi connectivity index (χ4n) is 2.86. The van der Waals surface area contributed by atoms with Crippen molar-refractivity contribution in [3.05, 3.63) is 0 Å². The van der Waals surface area contributed by atoms with E-state index in [0.717, 1.165) is 45.4 Å². The predicted octanol–water partition coefficient (Wildman–Crippen LogP) is 1.16. The van der Waals surface area contributed by atoms with Crippen LogP contribution in [-0.2, 0) is 9.53 Å². The average molecular weight is 240 g/mol. The summed E-state index contributed by atoms with van der Waals surface area (Å²) in [6.45, 7) is 7.62. The molecule has 0 spiro atoms. The molecule has 1 amide bonds. The Balaban J connectivity index is 1.96. The van der Waals surface area contributed by atoms with Gasteiger partial charge in [0.15, 0.2) is 0 Å².